The molecule has 1 aromatic rings. The second-order valence-corrected chi connectivity index (χ2v) is 5.89. The molecule has 2 N–H and O–H groups in total. The topological polar surface area (TPSA) is 58.3 Å². The first kappa shape index (κ1) is 12.7. The molecule has 2 aliphatic heterocycles. The number of nitrogen functional groups attached to an aromatic ring is 1. The van der Waals surface area contributed by atoms with E-state index < -0.39 is 0 Å². The fourth-order valence-electron chi connectivity index (χ4n) is 3.44. The third kappa shape index (κ3) is 2.16. The highest BCUT2D eigenvalue weighted by Crippen LogP contribution is 2.31. The van der Waals surface area contributed by atoms with Gasteiger partial charge in [0.1, 0.15) is 17.5 Å². The maximum absolute atomic E-state index is 5.98. The summed E-state index contributed by atoms with van der Waals surface area (Å²) in [6.45, 7) is 6.07. The molecule has 104 valence electrons. The van der Waals surface area contributed by atoms with Gasteiger partial charge in [-0.2, -0.15) is 0 Å². The molecule has 2 fully saturated rings. The highest BCUT2D eigenvalue weighted by Gasteiger charge is 2.35. The Balaban J connectivity index is 1.91. The monoisotopic (exact) mass is 261 g/mol. The molecule has 2 atom stereocenters. The normalized spacial score (nSPS) is 27.6. The Kier molecular flexibility index (Phi) is 3.09. The second-order valence-electron chi connectivity index (χ2n) is 5.89. The third-order valence-electron chi connectivity index (χ3n) is 4.72. The van der Waals surface area contributed by atoms with Crippen LogP contribution in [-0.2, 0) is 0 Å². The first-order valence-electron chi connectivity index (χ1n) is 7.14. The summed E-state index contributed by atoms with van der Waals surface area (Å²) in [6.07, 6.45) is 3.87. The zero-order valence-electron chi connectivity index (χ0n) is 12.1. The van der Waals surface area contributed by atoms with Crippen molar-refractivity contribution in [3.63, 3.8) is 0 Å². The van der Waals surface area contributed by atoms with Gasteiger partial charge in [-0.15, -0.1) is 0 Å². The van der Waals surface area contributed by atoms with Crippen LogP contribution >= 0.6 is 0 Å². The minimum Gasteiger partial charge on any atom is -0.383 e. The molecular formula is C14H23N5. The minimum atomic E-state index is 0.616. The molecule has 19 heavy (non-hydrogen) atoms. The number of anilines is 2. The fourth-order valence-corrected chi connectivity index (χ4v) is 3.44. The number of hydrogen-bond acceptors (Lipinski definition) is 5. The number of rotatable bonds is 1. The highest BCUT2D eigenvalue weighted by molar-refractivity contribution is 5.56. The molecule has 0 aliphatic carbocycles. The van der Waals surface area contributed by atoms with Crippen LogP contribution in [0.25, 0.3) is 0 Å². The lowest BCUT2D eigenvalue weighted by molar-refractivity contribution is 0.254. The number of fused-ring (bicyclic) bond motifs is 2. The van der Waals surface area contributed by atoms with E-state index in [1.165, 1.54) is 19.3 Å². The Morgan fingerprint density at radius 2 is 1.84 bits per heavy atom. The van der Waals surface area contributed by atoms with Crippen LogP contribution in [0.15, 0.2) is 0 Å². The molecule has 2 saturated heterocycles. The van der Waals surface area contributed by atoms with Crippen LogP contribution in [0.3, 0.4) is 0 Å². The van der Waals surface area contributed by atoms with Gasteiger partial charge in [-0.1, -0.05) is 0 Å². The Morgan fingerprint density at radius 1 is 1.11 bits per heavy atom. The molecule has 0 saturated carbocycles. The van der Waals surface area contributed by atoms with Crippen molar-refractivity contribution >= 4 is 11.6 Å². The quantitative estimate of drug-likeness (QED) is 0.827. The summed E-state index contributed by atoms with van der Waals surface area (Å²) in [6, 6.07) is 1.40. The summed E-state index contributed by atoms with van der Waals surface area (Å²) < 4.78 is 0. The van der Waals surface area contributed by atoms with Crippen LogP contribution in [0, 0.1) is 13.8 Å². The lowest BCUT2D eigenvalue weighted by Crippen LogP contribution is -2.37. The van der Waals surface area contributed by atoms with Crippen LogP contribution in [-0.4, -0.2) is 47.1 Å². The summed E-state index contributed by atoms with van der Waals surface area (Å²) in [4.78, 5) is 13.8. The SMILES string of the molecule is Cc1nc(N)c(C)c(N2CCC3CCC(C2)N3C)n1. The molecule has 5 heteroatoms. The minimum absolute atomic E-state index is 0.616. The molecule has 5 nitrogen and oxygen atoms in total. The number of aryl methyl sites for hydroxylation is 1. The van der Waals surface area contributed by atoms with Crippen LogP contribution in [0.4, 0.5) is 11.6 Å². The Bertz CT molecular complexity index is 487. The molecule has 0 amide bonds. The van der Waals surface area contributed by atoms with Crippen molar-refractivity contribution in [1.29, 1.82) is 0 Å². The van der Waals surface area contributed by atoms with E-state index in [1.54, 1.807) is 0 Å². The fraction of sp³-hybridized carbons (Fsp3) is 0.714. The average molecular weight is 261 g/mol. The molecular weight excluding hydrogens is 238 g/mol. The molecule has 1 aromatic heterocycles. The predicted molar refractivity (Wildman–Crippen MR) is 77.3 cm³/mol. The smallest absolute Gasteiger partial charge is 0.137 e. The van der Waals surface area contributed by atoms with Crippen molar-refractivity contribution in [2.75, 3.05) is 30.8 Å². The molecule has 2 bridgehead atoms. The number of likely N-dealkylation sites (N-methyl/N-ethyl adjacent to an activating group) is 1. The Hall–Kier alpha value is -1.36. The van der Waals surface area contributed by atoms with Crippen LogP contribution in [0.5, 0.6) is 0 Å². The molecule has 2 aliphatic rings. The summed E-state index contributed by atoms with van der Waals surface area (Å²) in [5.41, 5.74) is 7.00. The van der Waals surface area contributed by atoms with Gasteiger partial charge in [-0.25, -0.2) is 9.97 Å². The van der Waals surface area contributed by atoms with Crippen molar-refractivity contribution in [3.8, 4) is 0 Å². The number of nitrogens with zero attached hydrogens (tertiary/aromatic N) is 4. The van der Waals surface area contributed by atoms with Gasteiger partial charge >= 0.3 is 0 Å². The van der Waals surface area contributed by atoms with Gasteiger partial charge in [0.05, 0.1) is 0 Å². The summed E-state index contributed by atoms with van der Waals surface area (Å²) in [5.74, 6) is 2.41. The van der Waals surface area contributed by atoms with Crippen LogP contribution < -0.4 is 10.6 Å². The zero-order valence-corrected chi connectivity index (χ0v) is 12.1. The molecule has 3 heterocycles. The number of aromatic nitrogens is 2. The second kappa shape index (κ2) is 4.63. The maximum atomic E-state index is 5.98. The first-order chi connectivity index (χ1) is 9.06. The van der Waals surface area contributed by atoms with Crippen LogP contribution in [0.2, 0.25) is 0 Å². The van der Waals surface area contributed by atoms with Crippen molar-refractivity contribution in [3.05, 3.63) is 11.4 Å². The van der Waals surface area contributed by atoms with Crippen molar-refractivity contribution in [1.82, 2.24) is 14.9 Å². The average Bonchev–Trinajstić information content (AvgIpc) is 2.59. The zero-order chi connectivity index (χ0) is 13.6. The van der Waals surface area contributed by atoms with E-state index in [9.17, 15) is 0 Å². The highest BCUT2D eigenvalue weighted by atomic mass is 15.3. The summed E-state index contributed by atoms with van der Waals surface area (Å²) in [5, 5.41) is 0. The first-order valence-corrected chi connectivity index (χ1v) is 7.14. The maximum Gasteiger partial charge on any atom is 0.137 e. The summed E-state index contributed by atoms with van der Waals surface area (Å²) >= 11 is 0. The van der Waals surface area contributed by atoms with Gasteiger partial charge in [0.15, 0.2) is 0 Å². The van der Waals surface area contributed by atoms with Crippen LogP contribution in [0.1, 0.15) is 30.7 Å². The van der Waals surface area contributed by atoms with Gasteiger partial charge in [-0.05, 0) is 40.2 Å². The third-order valence-corrected chi connectivity index (χ3v) is 4.72. The van der Waals surface area contributed by atoms with E-state index in [2.05, 4.69) is 26.8 Å². The van der Waals surface area contributed by atoms with Gasteiger partial charge in [0, 0.05) is 30.7 Å². The largest absolute Gasteiger partial charge is 0.383 e. The lowest BCUT2D eigenvalue weighted by Gasteiger charge is -2.28. The summed E-state index contributed by atoms with van der Waals surface area (Å²) in [7, 11) is 2.26. The molecule has 0 radical (unpaired) electrons. The Morgan fingerprint density at radius 3 is 2.63 bits per heavy atom. The van der Waals surface area contributed by atoms with E-state index in [0.29, 0.717) is 11.9 Å². The standard InChI is InChI=1S/C14H23N5/c1-9-13(15)16-10(2)17-14(9)19-7-6-11-4-5-12(8-19)18(11)3/h11-12H,4-8H2,1-3H3,(H2,15,16,17). The van der Waals surface area contributed by atoms with E-state index in [4.69, 9.17) is 5.73 Å². The van der Waals surface area contributed by atoms with Gasteiger partial charge < -0.3 is 10.6 Å². The predicted octanol–water partition coefficient (Wildman–Crippen LogP) is 1.35. The van der Waals surface area contributed by atoms with Gasteiger partial charge in [-0.3, -0.25) is 4.90 Å². The van der Waals surface area contributed by atoms with Crippen molar-refractivity contribution in [2.45, 2.75) is 45.2 Å². The number of nitrogens with two attached hydrogens (primary N) is 1. The van der Waals surface area contributed by atoms with E-state index in [1.807, 2.05) is 13.8 Å². The molecule has 3 rings (SSSR count). The molecule has 2 unspecified atom stereocenters. The van der Waals surface area contributed by atoms with E-state index in [0.717, 1.165) is 36.3 Å². The van der Waals surface area contributed by atoms with Gasteiger partial charge in [0.25, 0.3) is 0 Å². The van der Waals surface area contributed by atoms with Gasteiger partial charge in [0.2, 0.25) is 0 Å². The molecule has 0 aromatic carbocycles. The number of hydrogen-bond donors (Lipinski definition) is 1. The van der Waals surface area contributed by atoms with E-state index >= 15 is 0 Å². The van der Waals surface area contributed by atoms with Crippen molar-refractivity contribution in [2.24, 2.45) is 0 Å². The molecule has 0 spiro atoms. The van der Waals surface area contributed by atoms with E-state index in [-0.39, 0.29) is 0 Å². The van der Waals surface area contributed by atoms with Crippen molar-refractivity contribution < 1.29 is 0 Å². The lowest BCUT2D eigenvalue weighted by atomic mass is 10.1. The Labute approximate surface area is 114 Å².